The van der Waals surface area contributed by atoms with Crippen molar-refractivity contribution in [1.82, 2.24) is 30.0 Å². The first-order chi connectivity index (χ1) is 28.3. The van der Waals surface area contributed by atoms with Gasteiger partial charge in [-0.05, 0) is 78.7 Å². The molecular formula is C43H51N7O7S. The number of nitrogens with two attached hydrogens (primary N) is 1. The molecule has 7 rings (SSSR count). The molecule has 0 bridgehead atoms. The average Bonchev–Trinajstić information content (AvgIpc) is 3.82. The van der Waals surface area contributed by atoms with Crippen LogP contribution in [-0.4, -0.2) is 94.3 Å². The second kappa shape index (κ2) is 19.2. The molecule has 4 heterocycles. The highest BCUT2D eigenvalue weighted by atomic mass is 32.1. The smallest absolute Gasteiger partial charge is 0.410 e. The van der Waals surface area contributed by atoms with Crippen LogP contribution in [0.5, 0.6) is 0 Å². The molecule has 2 aliphatic rings. The minimum atomic E-state index is -0.991. The largest absolute Gasteiger partial charge is 0.461 e. The molecule has 0 unspecified atom stereocenters. The number of amides is 4. The summed E-state index contributed by atoms with van der Waals surface area (Å²) in [6.07, 6.45) is 2.94. The van der Waals surface area contributed by atoms with E-state index in [1.54, 1.807) is 25.7 Å². The van der Waals surface area contributed by atoms with E-state index in [1.807, 2.05) is 84.2 Å². The number of nitrogens with one attached hydrogen (secondary N) is 3. The number of nitrogens with zero attached hydrogens (tertiary/aromatic N) is 3. The Morgan fingerprint density at radius 1 is 0.828 bits per heavy atom. The van der Waals surface area contributed by atoms with Gasteiger partial charge in [-0.2, -0.15) is 0 Å². The Hall–Kier alpha value is -5.67. The Labute approximate surface area is 340 Å². The number of hydrogen-bond donors (Lipinski definition) is 4. The molecule has 2 saturated heterocycles. The Morgan fingerprint density at radius 2 is 1.53 bits per heavy atom. The number of esters is 1. The molecule has 3 aromatic carbocycles. The Bertz CT molecular complexity index is 2240. The van der Waals surface area contributed by atoms with Crippen molar-refractivity contribution in [3.63, 3.8) is 0 Å². The van der Waals surface area contributed by atoms with E-state index in [1.165, 1.54) is 0 Å². The minimum absolute atomic E-state index is 0.0787. The summed E-state index contributed by atoms with van der Waals surface area (Å²) in [7, 11) is 0. The fraction of sp³-hybridized carbons (Fsp3) is 0.419. The lowest BCUT2D eigenvalue weighted by Crippen LogP contribution is -2.56. The third-order valence-corrected chi connectivity index (χ3v) is 12.1. The number of unbranched alkanes of at least 4 members (excludes halogenated alkanes) is 1. The number of fused-ring (bicyclic) bond motifs is 2. The van der Waals surface area contributed by atoms with E-state index >= 15 is 0 Å². The quantitative estimate of drug-likeness (QED) is 0.0843. The lowest BCUT2D eigenvalue weighted by Gasteiger charge is -2.34. The van der Waals surface area contributed by atoms with Gasteiger partial charge in [-0.1, -0.05) is 60.7 Å². The van der Waals surface area contributed by atoms with Crippen LogP contribution < -0.4 is 22.1 Å². The molecule has 0 saturated carbocycles. The average molecular weight is 810 g/mol. The van der Waals surface area contributed by atoms with Crippen LogP contribution in [0.1, 0.15) is 62.1 Å². The van der Waals surface area contributed by atoms with Gasteiger partial charge in [0.05, 0.1) is 11.0 Å². The van der Waals surface area contributed by atoms with Crippen molar-refractivity contribution < 1.29 is 28.7 Å². The van der Waals surface area contributed by atoms with Gasteiger partial charge in [0.15, 0.2) is 0 Å². The summed E-state index contributed by atoms with van der Waals surface area (Å²) in [5.74, 6) is -1.05. The number of aromatic nitrogens is 2. The summed E-state index contributed by atoms with van der Waals surface area (Å²) >= 11 is 1.57. The number of imidazole rings is 1. The van der Waals surface area contributed by atoms with Crippen molar-refractivity contribution in [3.05, 3.63) is 106 Å². The monoisotopic (exact) mass is 809 g/mol. The molecule has 0 radical (unpaired) electrons. The zero-order valence-corrected chi connectivity index (χ0v) is 33.3. The summed E-state index contributed by atoms with van der Waals surface area (Å²) in [5.41, 5.74) is 9.02. The fourth-order valence-corrected chi connectivity index (χ4v) is 8.83. The predicted molar refractivity (Wildman–Crippen MR) is 222 cm³/mol. The van der Waals surface area contributed by atoms with Crippen LogP contribution in [0, 0.1) is 0 Å². The van der Waals surface area contributed by atoms with E-state index in [0.717, 1.165) is 32.2 Å². The zero-order valence-electron chi connectivity index (χ0n) is 32.5. The minimum Gasteiger partial charge on any atom is -0.461 e. The highest BCUT2D eigenvalue weighted by molar-refractivity contribution is 7.17. The number of urea groups is 1. The number of H-pyrrole nitrogens is 1. The van der Waals surface area contributed by atoms with Crippen LogP contribution in [-0.2, 0) is 32.1 Å². The molecule has 0 spiro atoms. The van der Waals surface area contributed by atoms with Crippen LogP contribution >= 0.6 is 11.3 Å². The first-order valence-electron chi connectivity index (χ1n) is 20.1. The predicted octanol–water partition coefficient (Wildman–Crippen LogP) is 5.46. The lowest BCUT2D eigenvalue weighted by molar-refractivity contribution is -0.155. The van der Waals surface area contributed by atoms with E-state index < -0.39 is 36.2 Å². The first-order valence-corrected chi connectivity index (χ1v) is 21.0. The van der Waals surface area contributed by atoms with Crippen molar-refractivity contribution in [1.29, 1.82) is 0 Å². The number of aromatic amines is 1. The van der Waals surface area contributed by atoms with E-state index in [9.17, 15) is 24.0 Å². The van der Waals surface area contributed by atoms with Gasteiger partial charge in [-0.15, -0.1) is 11.3 Å². The molecule has 2 atom stereocenters. The van der Waals surface area contributed by atoms with E-state index in [2.05, 4.69) is 15.6 Å². The number of benzene rings is 3. The van der Waals surface area contributed by atoms with Crippen LogP contribution in [0.4, 0.5) is 9.59 Å². The van der Waals surface area contributed by atoms with Crippen molar-refractivity contribution in [2.45, 2.75) is 82.2 Å². The molecule has 4 amide bonds. The van der Waals surface area contributed by atoms with E-state index in [0.29, 0.717) is 77.7 Å². The zero-order chi connectivity index (χ0) is 40.4. The summed E-state index contributed by atoms with van der Waals surface area (Å²) in [6.45, 7) is 2.15. The maximum atomic E-state index is 14.2. The molecule has 14 nitrogen and oxygen atoms in total. The number of thiophene rings is 1. The maximum absolute atomic E-state index is 14.2. The molecule has 58 heavy (non-hydrogen) atoms. The van der Waals surface area contributed by atoms with Crippen molar-refractivity contribution >= 4 is 56.5 Å². The molecule has 15 heteroatoms. The molecule has 2 aromatic heterocycles. The van der Waals surface area contributed by atoms with Gasteiger partial charge < -0.3 is 40.6 Å². The van der Waals surface area contributed by atoms with E-state index in [4.69, 9.17) is 15.2 Å². The highest BCUT2D eigenvalue weighted by Crippen LogP contribution is 2.28. The summed E-state index contributed by atoms with van der Waals surface area (Å²) in [6, 6.07) is 22.5. The maximum Gasteiger partial charge on any atom is 0.410 e. The molecule has 0 aliphatic carbocycles. The number of para-hydroxylation sites is 2. The lowest BCUT2D eigenvalue weighted by atomic mass is 10.0. The topological polar surface area (TPSA) is 181 Å². The third-order valence-electron chi connectivity index (χ3n) is 11.1. The van der Waals surface area contributed by atoms with Gasteiger partial charge >= 0.3 is 23.8 Å². The number of hydrogen-bond acceptors (Lipinski definition) is 9. The summed E-state index contributed by atoms with van der Waals surface area (Å²) in [4.78, 5) is 73.6. The summed E-state index contributed by atoms with van der Waals surface area (Å²) in [5, 5.41) is 8.92. The molecule has 306 valence electrons. The van der Waals surface area contributed by atoms with Gasteiger partial charge in [0, 0.05) is 56.2 Å². The molecule has 5 aromatic rings. The fourth-order valence-electron chi connectivity index (χ4n) is 7.85. The molecule has 2 fully saturated rings. The van der Waals surface area contributed by atoms with Gasteiger partial charge in [0.25, 0.3) is 0 Å². The highest BCUT2D eigenvalue weighted by Gasteiger charge is 2.33. The number of carbonyl (C=O) groups is 4. The normalized spacial score (nSPS) is 16.2. The summed E-state index contributed by atoms with van der Waals surface area (Å²) < 4.78 is 14.3. The Morgan fingerprint density at radius 3 is 2.31 bits per heavy atom. The van der Waals surface area contributed by atoms with Gasteiger partial charge in [-0.25, -0.2) is 19.2 Å². The number of piperidine rings is 2. The van der Waals surface area contributed by atoms with Crippen molar-refractivity contribution in [3.8, 4) is 0 Å². The van der Waals surface area contributed by atoms with Crippen LogP contribution in [0.25, 0.3) is 21.1 Å². The van der Waals surface area contributed by atoms with Gasteiger partial charge in [-0.3, -0.25) is 9.36 Å². The third kappa shape index (κ3) is 9.88. The van der Waals surface area contributed by atoms with Crippen molar-refractivity contribution in [2.24, 2.45) is 5.73 Å². The first kappa shape index (κ1) is 40.5. The Kier molecular flexibility index (Phi) is 13.4. The van der Waals surface area contributed by atoms with Crippen molar-refractivity contribution in [2.75, 3.05) is 32.7 Å². The Balaban J connectivity index is 0.990. The van der Waals surface area contributed by atoms with Gasteiger partial charge in [0.2, 0.25) is 5.91 Å². The molecular weight excluding hydrogens is 759 g/mol. The number of rotatable bonds is 14. The number of carbonyl (C=O) groups excluding carboxylic acids is 4. The van der Waals surface area contributed by atoms with Crippen LogP contribution in [0.2, 0.25) is 0 Å². The second-order valence-electron chi connectivity index (χ2n) is 15.0. The second-order valence-corrected chi connectivity index (χ2v) is 15.9. The van der Waals surface area contributed by atoms with Crippen LogP contribution in [0.3, 0.4) is 0 Å². The van der Waals surface area contributed by atoms with Gasteiger partial charge in [0.1, 0.15) is 24.8 Å². The number of likely N-dealkylation sites (tertiary alicyclic amines) is 2. The SMILES string of the molecule is NCCCC[C@@H](NC(=O)[C@@H](Cc1csc2ccccc12)NC(=O)N1CCC(n2c(=O)[nH]c3ccccc32)CC1)C(=O)OC1CCN(C(=O)OCc2ccccc2)CC1. The molecule has 2 aliphatic heterocycles. The standard InChI is InChI=1S/C43H51N7O7S/c44-21-9-8-14-35(40(52)57-32-19-24-49(25-20-32)43(55)56-27-29-10-2-1-3-11-29)45-39(51)36(26-30-28-58-38-16-7-4-12-33(30)38)47-41(53)48-22-17-31(18-23-48)50-37-15-6-5-13-34(37)46-42(50)54/h1-7,10-13,15-16,28,31-32,35-36H,8-9,14,17-27,44H2,(H,45,51)(H,46,54)(H,47,53)/t35-,36-/m1/s1. The van der Waals surface area contributed by atoms with Crippen LogP contribution in [0.15, 0.2) is 89.0 Å². The molecule has 5 N–H and O–H groups in total. The number of ether oxygens (including phenoxy) is 2. The van der Waals surface area contributed by atoms with E-state index in [-0.39, 0.29) is 30.8 Å².